The predicted octanol–water partition coefficient (Wildman–Crippen LogP) is 2.48. The van der Waals surface area contributed by atoms with Crippen LogP contribution in [0.25, 0.3) is 10.8 Å². The van der Waals surface area contributed by atoms with Crippen LogP contribution in [-0.2, 0) is 17.7 Å². The third-order valence-electron chi connectivity index (χ3n) is 5.92. The number of nitrogens with two attached hydrogens (primary N) is 1. The van der Waals surface area contributed by atoms with Gasteiger partial charge in [-0.15, -0.1) is 0 Å². The Balaban J connectivity index is 1.36. The fourth-order valence-corrected chi connectivity index (χ4v) is 4.33. The highest BCUT2D eigenvalue weighted by Crippen LogP contribution is 2.32. The van der Waals surface area contributed by atoms with Crippen LogP contribution >= 0.6 is 0 Å². The van der Waals surface area contributed by atoms with E-state index >= 15 is 0 Å². The molecule has 7 heteroatoms. The molecular formula is C23H27N5O2. The van der Waals surface area contributed by atoms with Gasteiger partial charge in [0, 0.05) is 36.3 Å². The van der Waals surface area contributed by atoms with Crippen LogP contribution in [-0.4, -0.2) is 60.9 Å². The van der Waals surface area contributed by atoms with Gasteiger partial charge in [-0.1, -0.05) is 36.4 Å². The molecule has 30 heavy (non-hydrogen) atoms. The summed E-state index contributed by atoms with van der Waals surface area (Å²) in [7, 11) is 2.09. The highest BCUT2D eigenvalue weighted by Gasteiger charge is 2.24. The number of nitrogen functional groups attached to an aromatic ring is 1. The van der Waals surface area contributed by atoms with Crippen molar-refractivity contribution in [2.75, 3.05) is 50.5 Å². The SMILES string of the molecule is CN1CCO[C@H](COc2nc(N)c3c(n2)CN(c2cccc4ccccc24)CC3)C1. The number of ether oxygens (including phenoxy) is 2. The van der Waals surface area contributed by atoms with Crippen LogP contribution in [0.3, 0.4) is 0 Å². The first kappa shape index (κ1) is 19.1. The first-order chi connectivity index (χ1) is 14.7. The molecule has 3 aromatic rings. The fourth-order valence-electron chi connectivity index (χ4n) is 4.33. The molecule has 2 aliphatic rings. The molecule has 0 bridgehead atoms. The average molecular weight is 406 g/mol. The molecule has 0 amide bonds. The normalized spacial score (nSPS) is 19.6. The molecule has 5 rings (SSSR count). The Morgan fingerprint density at radius 2 is 2.00 bits per heavy atom. The Morgan fingerprint density at radius 1 is 1.13 bits per heavy atom. The van der Waals surface area contributed by atoms with E-state index < -0.39 is 0 Å². The molecule has 2 aromatic carbocycles. The van der Waals surface area contributed by atoms with Crippen molar-refractivity contribution in [1.29, 1.82) is 0 Å². The second-order valence-corrected chi connectivity index (χ2v) is 8.05. The fraction of sp³-hybridized carbons (Fsp3) is 0.391. The van der Waals surface area contributed by atoms with Crippen LogP contribution < -0.4 is 15.4 Å². The minimum absolute atomic E-state index is 0.0248. The quantitative estimate of drug-likeness (QED) is 0.715. The number of morpholine rings is 1. The molecule has 2 aliphatic heterocycles. The molecule has 0 radical (unpaired) electrons. The topological polar surface area (TPSA) is 76.7 Å². The van der Waals surface area contributed by atoms with E-state index in [4.69, 9.17) is 20.2 Å². The van der Waals surface area contributed by atoms with Gasteiger partial charge >= 0.3 is 6.01 Å². The molecule has 7 nitrogen and oxygen atoms in total. The smallest absolute Gasteiger partial charge is 0.318 e. The lowest BCUT2D eigenvalue weighted by atomic mass is 10.0. The van der Waals surface area contributed by atoms with E-state index in [1.165, 1.54) is 16.5 Å². The number of benzene rings is 2. The molecule has 3 heterocycles. The Morgan fingerprint density at radius 3 is 2.90 bits per heavy atom. The van der Waals surface area contributed by atoms with Crippen LogP contribution in [0, 0.1) is 0 Å². The molecule has 1 aromatic heterocycles. The zero-order valence-electron chi connectivity index (χ0n) is 17.3. The lowest BCUT2D eigenvalue weighted by Crippen LogP contribution is -2.42. The Bertz CT molecular complexity index is 1050. The first-order valence-corrected chi connectivity index (χ1v) is 10.5. The zero-order chi connectivity index (χ0) is 20.5. The summed E-state index contributed by atoms with van der Waals surface area (Å²) >= 11 is 0. The van der Waals surface area contributed by atoms with Crippen molar-refractivity contribution in [2.24, 2.45) is 0 Å². The van der Waals surface area contributed by atoms with E-state index in [0.717, 1.165) is 43.9 Å². The molecule has 1 saturated heterocycles. The summed E-state index contributed by atoms with van der Waals surface area (Å²) in [6, 6.07) is 15.2. The van der Waals surface area contributed by atoms with Crippen LogP contribution in [0.2, 0.25) is 0 Å². The van der Waals surface area contributed by atoms with Crippen molar-refractivity contribution in [3.05, 3.63) is 53.7 Å². The van der Waals surface area contributed by atoms with Gasteiger partial charge in [0.1, 0.15) is 18.5 Å². The van der Waals surface area contributed by atoms with Crippen LogP contribution in [0.4, 0.5) is 11.5 Å². The summed E-state index contributed by atoms with van der Waals surface area (Å²) < 4.78 is 11.6. The molecule has 1 fully saturated rings. The summed E-state index contributed by atoms with van der Waals surface area (Å²) in [6.45, 7) is 4.51. The van der Waals surface area contributed by atoms with Gasteiger partial charge in [-0.25, -0.2) is 0 Å². The van der Waals surface area contributed by atoms with Crippen molar-refractivity contribution in [3.63, 3.8) is 0 Å². The molecule has 1 atom stereocenters. The van der Waals surface area contributed by atoms with E-state index in [9.17, 15) is 0 Å². The molecule has 0 aliphatic carbocycles. The van der Waals surface area contributed by atoms with Gasteiger partial charge in [-0.3, -0.25) is 0 Å². The van der Waals surface area contributed by atoms with E-state index in [2.05, 4.69) is 64.3 Å². The number of rotatable bonds is 4. The standard InChI is InChI=1S/C23H27N5O2/c1-27-11-12-29-17(13-27)15-30-23-25-20-14-28(10-9-19(20)22(24)26-23)21-8-4-6-16-5-2-3-7-18(16)21/h2-8,17H,9-15H2,1H3,(H2,24,25,26)/t17-/m0/s1. The first-order valence-electron chi connectivity index (χ1n) is 10.5. The van der Waals surface area contributed by atoms with E-state index in [1.807, 2.05) is 0 Å². The van der Waals surface area contributed by atoms with Gasteiger partial charge in [0.15, 0.2) is 0 Å². The van der Waals surface area contributed by atoms with Crippen LogP contribution in [0.5, 0.6) is 6.01 Å². The number of anilines is 2. The van der Waals surface area contributed by atoms with Gasteiger partial charge in [0.2, 0.25) is 0 Å². The third kappa shape index (κ3) is 3.78. The highest BCUT2D eigenvalue weighted by molar-refractivity contribution is 5.94. The number of nitrogens with zero attached hydrogens (tertiary/aromatic N) is 4. The van der Waals surface area contributed by atoms with Gasteiger partial charge in [-0.05, 0) is 24.9 Å². The lowest BCUT2D eigenvalue weighted by molar-refractivity contribution is -0.0417. The molecule has 0 saturated carbocycles. The van der Waals surface area contributed by atoms with Crippen molar-refractivity contribution >= 4 is 22.3 Å². The second kappa shape index (κ2) is 8.08. The summed E-state index contributed by atoms with van der Waals surface area (Å²) in [6.07, 6.45) is 0.845. The summed E-state index contributed by atoms with van der Waals surface area (Å²) in [5.74, 6) is 0.522. The maximum atomic E-state index is 6.26. The largest absolute Gasteiger partial charge is 0.461 e. The maximum absolute atomic E-state index is 6.26. The van der Waals surface area contributed by atoms with Crippen LogP contribution in [0.15, 0.2) is 42.5 Å². The van der Waals surface area contributed by atoms with E-state index in [-0.39, 0.29) is 6.10 Å². The summed E-state index contributed by atoms with van der Waals surface area (Å²) in [5.41, 5.74) is 9.46. The third-order valence-corrected chi connectivity index (χ3v) is 5.92. The van der Waals surface area contributed by atoms with Gasteiger partial charge in [0.05, 0.1) is 18.8 Å². The highest BCUT2D eigenvalue weighted by atomic mass is 16.5. The van der Waals surface area contributed by atoms with Gasteiger partial charge in [0.25, 0.3) is 0 Å². The number of aromatic nitrogens is 2. The average Bonchev–Trinajstić information content (AvgIpc) is 2.77. The maximum Gasteiger partial charge on any atom is 0.318 e. The number of hydrogen-bond acceptors (Lipinski definition) is 7. The summed E-state index contributed by atoms with van der Waals surface area (Å²) in [4.78, 5) is 13.7. The molecule has 0 spiro atoms. The number of fused-ring (bicyclic) bond motifs is 2. The predicted molar refractivity (Wildman–Crippen MR) is 118 cm³/mol. The zero-order valence-corrected chi connectivity index (χ0v) is 17.3. The molecule has 2 N–H and O–H groups in total. The van der Waals surface area contributed by atoms with E-state index in [1.54, 1.807) is 0 Å². The minimum Gasteiger partial charge on any atom is -0.461 e. The number of likely N-dealkylation sites (N-methyl/N-ethyl adjacent to an activating group) is 1. The molecule has 156 valence electrons. The van der Waals surface area contributed by atoms with Crippen LogP contribution in [0.1, 0.15) is 11.3 Å². The monoisotopic (exact) mass is 405 g/mol. The van der Waals surface area contributed by atoms with Gasteiger partial charge in [-0.2, -0.15) is 9.97 Å². The molecular weight excluding hydrogens is 378 g/mol. The Labute approximate surface area is 176 Å². The number of hydrogen-bond donors (Lipinski definition) is 1. The Kier molecular flexibility index (Phi) is 5.14. The lowest BCUT2D eigenvalue weighted by Gasteiger charge is -2.32. The second-order valence-electron chi connectivity index (χ2n) is 8.05. The van der Waals surface area contributed by atoms with Crippen molar-refractivity contribution in [1.82, 2.24) is 14.9 Å². The van der Waals surface area contributed by atoms with Crippen molar-refractivity contribution in [3.8, 4) is 6.01 Å². The van der Waals surface area contributed by atoms with Gasteiger partial charge < -0.3 is 25.0 Å². The Hall–Kier alpha value is -2.90. The van der Waals surface area contributed by atoms with Crippen molar-refractivity contribution in [2.45, 2.75) is 19.1 Å². The summed E-state index contributed by atoms with van der Waals surface area (Å²) in [5, 5.41) is 2.49. The molecule has 0 unspecified atom stereocenters. The minimum atomic E-state index is 0.0248. The van der Waals surface area contributed by atoms with E-state index in [0.29, 0.717) is 25.0 Å². The van der Waals surface area contributed by atoms with Crippen molar-refractivity contribution < 1.29 is 9.47 Å².